The Labute approximate surface area is 184 Å². The molecule has 6 nitrogen and oxygen atoms in total. The second-order valence-corrected chi connectivity index (χ2v) is 8.04. The number of fused-ring (bicyclic) bond motifs is 1. The van der Waals surface area contributed by atoms with Gasteiger partial charge in [0.05, 0.1) is 11.6 Å². The molecule has 1 aliphatic heterocycles. The van der Waals surface area contributed by atoms with Crippen molar-refractivity contribution in [1.29, 1.82) is 0 Å². The minimum atomic E-state index is -0.464. The van der Waals surface area contributed by atoms with Gasteiger partial charge in [0, 0.05) is 42.3 Å². The highest BCUT2D eigenvalue weighted by Gasteiger charge is 2.35. The van der Waals surface area contributed by atoms with Crippen LogP contribution in [0.4, 0.5) is 15.8 Å². The fraction of sp³-hybridized carbons (Fsp3) is 0.160. The Bertz CT molecular complexity index is 1310. The first-order chi connectivity index (χ1) is 15.5. The molecule has 1 saturated heterocycles. The van der Waals surface area contributed by atoms with Crippen LogP contribution in [0.1, 0.15) is 12.0 Å². The van der Waals surface area contributed by atoms with Crippen molar-refractivity contribution in [2.75, 3.05) is 16.8 Å². The summed E-state index contributed by atoms with van der Waals surface area (Å²) in [5, 5.41) is 2.89. The lowest BCUT2D eigenvalue weighted by Gasteiger charge is -2.16. The van der Waals surface area contributed by atoms with Crippen molar-refractivity contribution in [3.63, 3.8) is 0 Å². The number of hydrogen-bond acceptors (Lipinski definition) is 3. The number of nitrogens with one attached hydrogen (secondary N) is 1. The maximum atomic E-state index is 13.2. The largest absolute Gasteiger partial charge is 0.326 e. The Kier molecular flexibility index (Phi) is 4.93. The van der Waals surface area contributed by atoms with Gasteiger partial charge in [-0.3, -0.25) is 9.59 Å². The summed E-state index contributed by atoms with van der Waals surface area (Å²) >= 11 is 0. The molecule has 32 heavy (non-hydrogen) atoms. The molecular weight excluding hydrogens is 407 g/mol. The molecule has 0 radical (unpaired) electrons. The smallest absolute Gasteiger partial charge is 0.229 e. The molecule has 0 saturated carbocycles. The van der Waals surface area contributed by atoms with Crippen molar-refractivity contribution < 1.29 is 14.0 Å². The second kappa shape index (κ2) is 7.92. The van der Waals surface area contributed by atoms with Crippen molar-refractivity contribution >= 4 is 28.8 Å². The van der Waals surface area contributed by atoms with E-state index in [9.17, 15) is 14.0 Å². The SMILES string of the molecule is Cc1ccn2cc(-c3ccc(NC(=O)[C@H]4CC(=O)N(c5ccc(F)cc5)C4)cc3)nc2c1. The van der Waals surface area contributed by atoms with Gasteiger partial charge in [0.15, 0.2) is 0 Å². The van der Waals surface area contributed by atoms with Crippen LogP contribution in [0, 0.1) is 18.7 Å². The first-order valence-electron chi connectivity index (χ1n) is 10.4. The zero-order valence-electron chi connectivity index (χ0n) is 17.5. The van der Waals surface area contributed by atoms with Gasteiger partial charge in [0.1, 0.15) is 11.5 Å². The number of carbonyl (C=O) groups excluding carboxylic acids is 2. The highest BCUT2D eigenvalue weighted by atomic mass is 19.1. The number of halogens is 1. The summed E-state index contributed by atoms with van der Waals surface area (Å²) in [7, 11) is 0. The van der Waals surface area contributed by atoms with Crippen LogP contribution in [0.3, 0.4) is 0 Å². The highest BCUT2D eigenvalue weighted by Crippen LogP contribution is 2.27. The number of rotatable bonds is 4. The van der Waals surface area contributed by atoms with Crippen molar-refractivity contribution in [1.82, 2.24) is 9.38 Å². The number of aromatic nitrogens is 2. The number of aryl methyl sites for hydroxylation is 1. The van der Waals surface area contributed by atoms with Gasteiger partial charge in [-0.25, -0.2) is 9.37 Å². The van der Waals surface area contributed by atoms with Crippen LogP contribution in [0.2, 0.25) is 0 Å². The van der Waals surface area contributed by atoms with Gasteiger partial charge in [-0.1, -0.05) is 12.1 Å². The van der Waals surface area contributed by atoms with Gasteiger partial charge >= 0.3 is 0 Å². The van der Waals surface area contributed by atoms with Gasteiger partial charge in [0.25, 0.3) is 0 Å². The zero-order chi connectivity index (χ0) is 22.2. The lowest BCUT2D eigenvalue weighted by Crippen LogP contribution is -2.28. The molecule has 2 aromatic heterocycles. The van der Waals surface area contributed by atoms with E-state index in [0.29, 0.717) is 11.4 Å². The summed E-state index contributed by atoms with van der Waals surface area (Å²) in [5.41, 5.74) is 5.09. The summed E-state index contributed by atoms with van der Waals surface area (Å²) in [5.74, 6) is -1.18. The van der Waals surface area contributed by atoms with E-state index in [1.54, 1.807) is 12.1 Å². The third kappa shape index (κ3) is 3.85. The Morgan fingerprint density at radius 2 is 1.84 bits per heavy atom. The van der Waals surface area contributed by atoms with Crippen LogP contribution < -0.4 is 10.2 Å². The van der Waals surface area contributed by atoms with E-state index in [-0.39, 0.29) is 30.6 Å². The van der Waals surface area contributed by atoms with E-state index in [4.69, 9.17) is 0 Å². The van der Waals surface area contributed by atoms with Crippen molar-refractivity contribution in [2.45, 2.75) is 13.3 Å². The molecule has 4 aromatic rings. The van der Waals surface area contributed by atoms with Gasteiger partial charge in [-0.15, -0.1) is 0 Å². The lowest BCUT2D eigenvalue weighted by atomic mass is 10.1. The average Bonchev–Trinajstić information content (AvgIpc) is 3.38. The molecule has 5 rings (SSSR count). The maximum Gasteiger partial charge on any atom is 0.229 e. The molecule has 0 unspecified atom stereocenters. The first kappa shape index (κ1) is 19.9. The quantitative estimate of drug-likeness (QED) is 0.523. The predicted molar refractivity (Wildman–Crippen MR) is 121 cm³/mol. The number of pyridine rings is 1. The van der Waals surface area contributed by atoms with E-state index in [2.05, 4.69) is 10.3 Å². The molecule has 3 heterocycles. The molecule has 160 valence electrons. The van der Waals surface area contributed by atoms with Crippen LogP contribution in [0.25, 0.3) is 16.9 Å². The van der Waals surface area contributed by atoms with Gasteiger partial charge in [0.2, 0.25) is 11.8 Å². The molecule has 0 bridgehead atoms. The number of nitrogens with zero attached hydrogens (tertiary/aromatic N) is 3. The van der Waals surface area contributed by atoms with Gasteiger partial charge < -0.3 is 14.6 Å². The fourth-order valence-electron chi connectivity index (χ4n) is 3.95. The van der Waals surface area contributed by atoms with Crippen LogP contribution in [0.15, 0.2) is 73.1 Å². The molecule has 2 aromatic carbocycles. The molecule has 7 heteroatoms. The molecule has 1 N–H and O–H groups in total. The number of hydrogen-bond donors (Lipinski definition) is 1. The summed E-state index contributed by atoms with van der Waals surface area (Å²) < 4.78 is 15.1. The molecule has 1 atom stereocenters. The molecule has 0 spiro atoms. The molecule has 0 aliphatic carbocycles. The normalized spacial score (nSPS) is 16.0. The minimum Gasteiger partial charge on any atom is -0.326 e. The third-order valence-corrected chi connectivity index (χ3v) is 5.70. The summed E-state index contributed by atoms with van der Waals surface area (Å²) in [6.07, 6.45) is 4.08. The van der Waals surface area contributed by atoms with Crippen LogP contribution in [-0.2, 0) is 9.59 Å². The second-order valence-electron chi connectivity index (χ2n) is 8.04. The summed E-state index contributed by atoms with van der Waals surface area (Å²) in [4.78, 5) is 31.3. The van der Waals surface area contributed by atoms with E-state index in [1.165, 1.54) is 17.0 Å². The van der Waals surface area contributed by atoms with E-state index in [0.717, 1.165) is 22.5 Å². The standard InChI is InChI=1S/C25H21FN4O2/c1-16-10-11-29-15-22(28-23(29)12-16)17-2-6-20(7-3-17)27-25(32)18-13-24(31)30(14-18)21-8-4-19(26)5-9-21/h2-12,15,18H,13-14H2,1H3,(H,27,32)/t18-/m0/s1. The van der Waals surface area contributed by atoms with Crippen molar-refractivity contribution in [2.24, 2.45) is 5.92 Å². The van der Waals surface area contributed by atoms with Crippen LogP contribution >= 0.6 is 0 Å². The van der Waals surface area contributed by atoms with Crippen molar-refractivity contribution in [3.8, 4) is 11.3 Å². The predicted octanol–water partition coefficient (Wildman–Crippen LogP) is 4.44. The first-order valence-corrected chi connectivity index (χ1v) is 10.4. The van der Waals surface area contributed by atoms with Crippen molar-refractivity contribution in [3.05, 3.63) is 84.4 Å². The third-order valence-electron chi connectivity index (χ3n) is 5.70. The summed E-state index contributed by atoms with van der Waals surface area (Å²) in [6.45, 7) is 2.30. The molecule has 1 aliphatic rings. The molecular formula is C25H21FN4O2. The summed E-state index contributed by atoms with van der Waals surface area (Å²) in [6, 6.07) is 17.2. The van der Waals surface area contributed by atoms with Gasteiger partial charge in [-0.2, -0.15) is 0 Å². The van der Waals surface area contributed by atoms with Crippen LogP contribution in [-0.4, -0.2) is 27.7 Å². The number of imidazole rings is 1. The Morgan fingerprint density at radius 1 is 1.09 bits per heavy atom. The van der Waals surface area contributed by atoms with E-state index >= 15 is 0 Å². The Hall–Kier alpha value is -4.00. The zero-order valence-corrected chi connectivity index (χ0v) is 17.5. The Balaban J connectivity index is 1.26. The monoisotopic (exact) mass is 428 g/mol. The molecule has 1 fully saturated rings. The van der Waals surface area contributed by atoms with E-state index in [1.807, 2.05) is 60.1 Å². The number of carbonyl (C=O) groups is 2. The number of amides is 2. The topological polar surface area (TPSA) is 66.7 Å². The highest BCUT2D eigenvalue weighted by molar-refractivity contribution is 6.03. The lowest BCUT2D eigenvalue weighted by molar-refractivity contribution is -0.122. The Morgan fingerprint density at radius 3 is 2.59 bits per heavy atom. The van der Waals surface area contributed by atoms with E-state index < -0.39 is 5.92 Å². The maximum absolute atomic E-state index is 13.2. The molecule has 2 amide bonds. The average molecular weight is 428 g/mol. The van der Waals surface area contributed by atoms with Crippen LogP contribution in [0.5, 0.6) is 0 Å². The minimum absolute atomic E-state index is 0.127. The van der Waals surface area contributed by atoms with Gasteiger partial charge in [-0.05, 0) is 61.0 Å². The number of benzene rings is 2. The fourth-order valence-corrected chi connectivity index (χ4v) is 3.95. The number of anilines is 2.